The van der Waals surface area contributed by atoms with Crippen molar-refractivity contribution in [2.24, 2.45) is 0 Å². The van der Waals surface area contributed by atoms with Crippen molar-refractivity contribution in [1.82, 2.24) is 9.80 Å². The number of piperazine rings is 1. The number of halogens is 2. The second-order valence-electron chi connectivity index (χ2n) is 8.63. The molecule has 202 valence electrons. The second-order valence-corrected chi connectivity index (χ2v) is 8.63. The third-order valence-corrected chi connectivity index (χ3v) is 6.29. The summed E-state index contributed by atoms with van der Waals surface area (Å²) in [4.78, 5) is 4.97. The van der Waals surface area contributed by atoms with Gasteiger partial charge >= 0.3 is 0 Å². The van der Waals surface area contributed by atoms with E-state index in [1.165, 1.54) is 36.2 Å². The van der Waals surface area contributed by atoms with Crippen molar-refractivity contribution < 1.29 is 13.5 Å². The largest absolute Gasteiger partial charge is 0.367 e. The van der Waals surface area contributed by atoms with Crippen molar-refractivity contribution >= 4 is 0 Å². The predicted octanol–water partition coefficient (Wildman–Crippen LogP) is 7.37. The van der Waals surface area contributed by atoms with Gasteiger partial charge in [-0.15, -0.1) is 0 Å². The fraction of sp³-hybridized carbons (Fsp3) is 0.438. The molecule has 0 bridgehead atoms. The first-order valence-corrected chi connectivity index (χ1v) is 13.8. The molecule has 0 aliphatic carbocycles. The average Bonchev–Trinajstić information content (AvgIpc) is 2.96. The van der Waals surface area contributed by atoms with E-state index in [1.807, 2.05) is 27.7 Å². The Morgan fingerprint density at radius 1 is 0.649 bits per heavy atom. The summed E-state index contributed by atoms with van der Waals surface area (Å²) in [5.74, 6) is -0.559. The van der Waals surface area contributed by atoms with Crippen LogP contribution in [-0.4, -0.2) is 55.7 Å². The Kier molecular flexibility index (Phi) is 14.7. The molecule has 0 N–H and O–H groups in total. The van der Waals surface area contributed by atoms with E-state index in [9.17, 15) is 8.78 Å². The SMILES string of the molecule is CC.CC.Fc1ccc(C(OCCN2CCN(CCCc3ccccc3)CC2)c2ccc(F)cc2)cc1. The Balaban J connectivity index is 0.00000115. The van der Waals surface area contributed by atoms with Crippen LogP contribution in [0.5, 0.6) is 0 Å². The van der Waals surface area contributed by atoms with Crippen molar-refractivity contribution in [2.45, 2.75) is 46.6 Å². The highest BCUT2D eigenvalue weighted by Crippen LogP contribution is 2.26. The molecule has 37 heavy (non-hydrogen) atoms. The van der Waals surface area contributed by atoms with Gasteiger partial charge in [0.1, 0.15) is 17.7 Å². The van der Waals surface area contributed by atoms with Crippen LogP contribution in [0.1, 0.15) is 56.9 Å². The second kappa shape index (κ2) is 17.8. The van der Waals surface area contributed by atoms with Gasteiger partial charge in [-0.3, -0.25) is 4.90 Å². The molecule has 3 aromatic carbocycles. The molecule has 1 heterocycles. The molecule has 3 aromatic rings. The Bertz CT molecular complexity index is 911. The summed E-state index contributed by atoms with van der Waals surface area (Å²) in [5.41, 5.74) is 3.14. The van der Waals surface area contributed by atoms with Crippen LogP contribution in [0, 0.1) is 11.6 Å². The summed E-state index contributed by atoms with van der Waals surface area (Å²) in [6.07, 6.45) is 1.97. The molecular weight excluding hydrogens is 466 g/mol. The van der Waals surface area contributed by atoms with Gasteiger partial charge in [0.15, 0.2) is 0 Å². The quantitative estimate of drug-likeness (QED) is 0.283. The molecule has 0 atom stereocenters. The summed E-state index contributed by atoms with van der Waals surface area (Å²) in [5, 5.41) is 0. The number of ether oxygens (including phenoxy) is 1. The maximum atomic E-state index is 13.4. The Hall–Kier alpha value is -2.60. The molecule has 4 rings (SSSR count). The van der Waals surface area contributed by atoms with Crippen LogP contribution >= 0.6 is 0 Å². The Morgan fingerprint density at radius 2 is 1.11 bits per heavy atom. The molecule has 0 amide bonds. The van der Waals surface area contributed by atoms with E-state index in [0.29, 0.717) is 6.61 Å². The van der Waals surface area contributed by atoms with E-state index >= 15 is 0 Å². The highest BCUT2D eigenvalue weighted by Gasteiger charge is 2.19. The van der Waals surface area contributed by atoms with Gasteiger partial charge in [-0.2, -0.15) is 0 Å². The van der Waals surface area contributed by atoms with Crippen LogP contribution in [0.4, 0.5) is 8.78 Å². The third-order valence-electron chi connectivity index (χ3n) is 6.29. The molecule has 0 spiro atoms. The molecule has 1 saturated heterocycles. The lowest BCUT2D eigenvalue weighted by Crippen LogP contribution is -2.47. The minimum absolute atomic E-state index is 0.279. The lowest BCUT2D eigenvalue weighted by molar-refractivity contribution is 0.0451. The third kappa shape index (κ3) is 10.7. The van der Waals surface area contributed by atoms with Crippen LogP contribution in [0.25, 0.3) is 0 Å². The number of benzene rings is 3. The van der Waals surface area contributed by atoms with Crippen LogP contribution < -0.4 is 0 Å². The number of hydrogen-bond acceptors (Lipinski definition) is 3. The van der Waals surface area contributed by atoms with Crippen LogP contribution in [0.3, 0.4) is 0 Å². The zero-order chi connectivity index (χ0) is 26.9. The first kappa shape index (κ1) is 30.6. The predicted molar refractivity (Wildman–Crippen MR) is 151 cm³/mol. The monoisotopic (exact) mass is 510 g/mol. The van der Waals surface area contributed by atoms with E-state index in [4.69, 9.17) is 4.74 Å². The Labute approximate surface area is 223 Å². The molecule has 0 saturated carbocycles. The fourth-order valence-corrected chi connectivity index (χ4v) is 4.35. The molecular formula is C32H44F2N2O. The van der Waals surface area contributed by atoms with E-state index in [-0.39, 0.29) is 17.7 Å². The maximum absolute atomic E-state index is 13.4. The minimum Gasteiger partial charge on any atom is -0.367 e. The summed E-state index contributed by atoms with van der Waals surface area (Å²) < 4.78 is 33.0. The van der Waals surface area contributed by atoms with Gasteiger partial charge < -0.3 is 9.64 Å². The number of hydrogen-bond donors (Lipinski definition) is 0. The standard InChI is InChI=1S/C28H32F2N2O.2C2H6/c29-26-12-8-24(9-13-26)28(25-10-14-27(30)15-11-25)33-22-21-32-19-17-31(18-20-32)16-4-7-23-5-2-1-3-6-23;2*1-2/h1-3,5-6,8-15,28H,4,7,16-22H2;2*1-2H3. The van der Waals surface area contributed by atoms with E-state index in [0.717, 1.165) is 56.8 Å². The smallest absolute Gasteiger partial charge is 0.123 e. The van der Waals surface area contributed by atoms with Crippen molar-refractivity contribution in [3.05, 3.63) is 107 Å². The van der Waals surface area contributed by atoms with Gasteiger partial charge in [-0.25, -0.2) is 8.78 Å². The molecule has 3 nitrogen and oxygen atoms in total. The zero-order valence-corrected chi connectivity index (χ0v) is 23.0. The van der Waals surface area contributed by atoms with Gasteiger partial charge in [0.2, 0.25) is 0 Å². The van der Waals surface area contributed by atoms with Gasteiger partial charge in [0.25, 0.3) is 0 Å². The van der Waals surface area contributed by atoms with Gasteiger partial charge in [-0.1, -0.05) is 82.3 Å². The fourth-order valence-electron chi connectivity index (χ4n) is 4.35. The molecule has 5 heteroatoms. The topological polar surface area (TPSA) is 15.7 Å². The average molecular weight is 511 g/mol. The number of nitrogens with zero attached hydrogens (tertiary/aromatic N) is 2. The normalized spacial score (nSPS) is 13.9. The maximum Gasteiger partial charge on any atom is 0.123 e. The van der Waals surface area contributed by atoms with Crippen LogP contribution in [-0.2, 0) is 11.2 Å². The van der Waals surface area contributed by atoms with E-state index in [1.54, 1.807) is 24.3 Å². The lowest BCUT2D eigenvalue weighted by atomic mass is 10.0. The van der Waals surface area contributed by atoms with E-state index < -0.39 is 0 Å². The van der Waals surface area contributed by atoms with Gasteiger partial charge in [-0.05, 0) is 60.3 Å². The lowest BCUT2D eigenvalue weighted by Gasteiger charge is -2.35. The van der Waals surface area contributed by atoms with Gasteiger partial charge in [0.05, 0.1) is 6.61 Å². The summed E-state index contributed by atoms with van der Waals surface area (Å²) in [7, 11) is 0. The van der Waals surface area contributed by atoms with Crippen molar-refractivity contribution in [3.8, 4) is 0 Å². The number of rotatable bonds is 10. The van der Waals surface area contributed by atoms with Crippen LogP contribution in [0.15, 0.2) is 78.9 Å². The molecule has 0 unspecified atom stereocenters. The minimum atomic E-state index is -0.342. The van der Waals surface area contributed by atoms with Crippen molar-refractivity contribution in [3.63, 3.8) is 0 Å². The molecule has 0 aromatic heterocycles. The molecule has 0 radical (unpaired) electrons. The van der Waals surface area contributed by atoms with Crippen molar-refractivity contribution in [1.29, 1.82) is 0 Å². The highest BCUT2D eigenvalue weighted by atomic mass is 19.1. The molecule has 1 aliphatic heterocycles. The summed E-state index contributed by atoms with van der Waals surface area (Å²) >= 11 is 0. The zero-order valence-electron chi connectivity index (χ0n) is 23.0. The van der Waals surface area contributed by atoms with Crippen molar-refractivity contribution in [2.75, 3.05) is 45.9 Å². The molecule has 1 fully saturated rings. The summed E-state index contributed by atoms with van der Waals surface area (Å²) in [6, 6.07) is 23.3. The first-order chi connectivity index (χ1) is 18.2. The number of aryl methyl sites for hydroxylation is 1. The summed E-state index contributed by atoms with van der Waals surface area (Å²) in [6.45, 7) is 14.8. The highest BCUT2D eigenvalue weighted by molar-refractivity contribution is 5.30. The Morgan fingerprint density at radius 3 is 1.59 bits per heavy atom. The van der Waals surface area contributed by atoms with Gasteiger partial charge in [0, 0.05) is 32.7 Å². The van der Waals surface area contributed by atoms with E-state index in [2.05, 4.69) is 40.1 Å². The van der Waals surface area contributed by atoms with Crippen LogP contribution in [0.2, 0.25) is 0 Å². The molecule has 1 aliphatic rings. The first-order valence-electron chi connectivity index (χ1n) is 13.8.